The molecular weight excluding hydrogens is 326 g/mol. The third kappa shape index (κ3) is 3.78. The molecule has 26 heavy (non-hydrogen) atoms. The quantitative estimate of drug-likeness (QED) is 0.784. The van der Waals surface area contributed by atoms with Crippen molar-refractivity contribution in [1.82, 2.24) is 19.4 Å². The zero-order valence-electron chi connectivity index (χ0n) is 16.4. The van der Waals surface area contributed by atoms with Crippen molar-refractivity contribution in [2.24, 2.45) is 13.0 Å². The van der Waals surface area contributed by atoms with Crippen LogP contribution in [0.15, 0.2) is 0 Å². The smallest absolute Gasteiger partial charge is 0.236 e. The summed E-state index contributed by atoms with van der Waals surface area (Å²) in [4.78, 5) is 21.9. The van der Waals surface area contributed by atoms with Crippen molar-refractivity contribution in [2.45, 2.75) is 58.4 Å². The fourth-order valence-corrected chi connectivity index (χ4v) is 4.36. The van der Waals surface area contributed by atoms with E-state index in [4.69, 9.17) is 10.2 Å². The number of hydrogen-bond donors (Lipinski definition) is 0. The second-order valence-corrected chi connectivity index (χ2v) is 7.72. The predicted molar refractivity (Wildman–Crippen MR) is 100 cm³/mol. The third-order valence-electron chi connectivity index (χ3n) is 5.86. The number of fused-ring (bicyclic) bond motifs is 1. The van der Waals surface area contributed by atoms with Crippen molar-refractivity contribution in [1.29, 1.82) is 5.26 Å². The molecule has 3 rings (SSSR count). The lowest BCUT2D eigenvalue weighted by Crippen LogP contribution is -2.42. The number of aromatic nitrogens is 2. The van der Waals surface area contributed by atoms with Crippen molar-refractivity contribution in [3.05, 3.63) is 17.2 Å². The van der Waals surface area contributed by atoms with Crippen LogP contribution >= 0.6 is 0 Å². The molecule has 1 aliphatic heterocycles. The Morgan fingerprint density at radius 2 is 2.15 bits per heavy atom. The second-order valence-electron chi connectivity index (χ2n) is 7.72. The number of nitrogens with zero attached hydrogens (tertiary/aromatic N) is 5. The van der Waals surface area contributed by atoms with E-state index in [2.05, 4.69) is 22.6 Å². The summed E-state index contributed by atoms with van der Waals surface area (Å²) in [5, 5.41) is 9.04. The number of aryl methyl sites for hydroxylation is 1. The van der Waals surface area contributed by atoms with Crippen molar-refractivity contribution in [3.63, 3.8) is 0 Å². The van der Waals surface area contributed by atoms with Crippen LogP contribution in [0.5, 0.6) is 0 Å². The topological polar surface area (TPSA) is 65.2 Å². The summed E-state index contributed by atoms with van der Waals surface area (Å²) in [5.41, 5.74) is 2.66. The van der Waals surface area contributed by atoms with Crippen LogP contribution in [0, 0.1) is 17.2 Å². The lowest BCUT2D eigenvalue weighted by Gasteiger charge is -2.28. The van der Waals surface area contributed by atoms with Crippen molar-refractivity contribution < 1.29 is 4.79 Å². The molecule has 0 radical (unpaired) electrons. The van der Waals surface area contributed by atoms with Gasteiger partial charge in [-0.2, -0.15) is 5.26 Å². The van der Waals surface area contributed by atoms with Gasteiger partial charge in [0, 0.05) is 25.8 Å². The van der Waals surface area contributed by atoms with E-state index in [0.717, 1.165) is 38.1 Å². The van der Waals surface area contributed by atoms with Gasteiger partial charge in [0.2, 0.25) is 5.91 Å². The zero-order valence-corrected chi connectivity index (χ0v) is 16.4. The summed E-state index contributed by atoms with van der Waals surface area (Å²) < 4.78 is 2.29. The van der Waals surface area contributed by atoms with E-state index >= 15 is 0 Å². The van der Waals surface area contributed by atoms with Gasteiger partial charge in [0.05, 0.1) is 30.3 Å². The lowest BCUT2D eigenvalue weighted by atomic mass is 10.0. The number of likely N-dealkylation sites (tertiary alicyclic amines) is 1. The Bertz CT molecular complexity index is 689. The van der Waals surface area contributed by atoms with E-state index in [0.29, 0.717) is 19.6 Å². The Kier molecular flexibility index (Phi) is 5.98. The van der Waals surface area contributed by atoms with E-state index in [1.807, 2.05) is 18.7 Å². The van der Waals surface area contributed by atoms with Crippen molar-refractivity contribution in [2.75, 3.05) is 26.2 Å². The molecule has 1 fully saturated rings. The molecule has 2 aliphatic rings. The van der Waals surface area contributed by atoms with E-state index in [1.165, 1.54) is 24.2 Å². The highest BCUT2D eigenvalue weighted by atomic mass is 16.2. The number of carbonyl (C=O) groups excluding carboxylic acids is 1. The van der Waals surface area contributed by atoms with E-state index in [-0.39, 0.29) is 17.9 Å². The molecule has 2 unspecified atom stereocenters. The van der Waals surface area contributed by atoms with Crippen LogP contribution in [0.2, 0.25) is 0 Å². The first-order valence-corrected chi connectivity index (χ1v) is 10.0. The maximum absolute atomic E-state index is 12.8. The van der Waals surface area contributed by atoms with Crippen LogP contribution in [0.25, 0.3) is 0 Å². The van der Waals surface area contributed by atoms with Crippen LogP contribution in [0.4, 0.5) is 0 Å². The predicted octanol–water partition coefficient (Wildman–Crippen LogP) is 2.44. The Labute approximate surface area is 156 Å². The first-order valence-electron chi connectivity index (χ1n) is 10.0. The standard InChI is InChI=1S/C20H31N5O/c1-4-24(13-15(2)12-21)19(26)14-25-11-7-10-18(25)20-22-16-8-5-6-9-17(16)23(20)3/h15,18H,4-11,13-14H2,1-3H3. The van der Waals surface area contributed by atoms with Crippen molar-refractivity contribution in [3.8, 4) is 6.07 Å². The molecule has 142 valence electrons. The van der Waals surface area contributed by atoms with Gasteiger partial charge in [-0.3, -0.25) is 9.69 Å². The fourth-order valence-electron chi connectivity index (χ4n) is 4.36. The largest absolute Gasteiger partial charge is 0.341 e. The monoisotopic (exact) mass is 357 g/mol. The van der Waals surface area contributed by atoms with Crippen LogP contribution in [0.1, 0.15) is 62.8 Å². The summed E-state index contributed by atoms with van der Waals surface area (Å²) in [7, 11) is 2.14. The maximum atomic E-state index is 12.8. The Balaban J connectivity index is 1.71. The van der Waals surface area contributed by atoms with Gasteiger partial charge in [-0.1, -0.05) is 0 Å². The van der Waals surface area contributed by atoms with Crippen molar-refractivity contribution >= 4 is 5.91 Å². The summed E-state index contributed by atoms with van der Waals surface area (Å²) in [6, 6.07) is 2.46. The van der Waals surface area contributed by atoms with Gasteiger partial charge in [-0.25, -0.2) is 4.98 Å². The Morgan fingerprint density at radius 3 is 2.85 bits per heavy atom. The summed E-state index contributed by atoms with van der Waals surface area (Å²) >= 11 is 0. The minimum absolute atomic E-state index is 0.125. The second kappa shape index (κ2) is 8.22. The van der Waals surface area contributed by atoms with Gasteiger partial charge >= 0.3 is 0 Å². The number of amides is 1. The number of hydrogen-bond acceptors (Lipinski definition) is 4. The molecule has 2 heterocycles. The average Bonchev–Trinajstić information content (AvgIpc) is 3.23. The Hall–Kier alpha value is -1.87. The SMILES string of the molecule is CCN(CC(C)C#N)C(=O)CN1CCCC1c1nc2c(n1C)CCCC2. The third-order valence-corrected chi connectivity index (χ3v) is 5.86. The molecule has 1 aromatic heterocycles. The highest BCUT2D eigenvalue weighted by molar-refractivity contribution is 5.78. The van der Waals surface area contributed by atoms with Gasteiger partial charge in [0.25, 0.3) is 0 Å². The van der Waals surface area contributed by atoms with E-state index in [1.54, 1.807) is 0 Å². The molecular formula is C20H31N5O. The summed E-state index contributed by atoms with van der Waals surface area (Å²) in [6.07, 6.45) is 6.87. The normalized spacial score (nSPS) is 21.2. The van der Waals surface area contributed by atoms with Crippen LogP contribution in [-0.2, 0) is 24.7 Å². The zero-order chi connectivity index (χ0) is 18.7. The summed E-state index contributed by atoms with van der Waals surface area (Å²) in [6.45, 7) is 6.39. The molecule has 6 nitrogen and oxygen atoms in total. The first-order chi connectivity index (χ1) is 12.5. The molecule has 2 atom stereocenters. The molecule has 6 heteroatoms. The van der Waals surface area contributed by atoms with Gasteiger partial charge in [0.1, 0.15) is 5.82 Å². The molecule has 1 aliphatic carbocycles. The van der Waals surface area contributed by atoms with Gasteiger partial charge in [-0.15, -0.1) is 0 Å². The molecule has 0 aromatic carbocycles. The number of carbonyl (C=O) groups is 1. The average molecular weight is 358 g/mol. The Morgan fingerprint density at radius 1 is 1.38 bits per heavy atom. The summed E-state index contributed by atoms with van der Waals surface area (Å²) in [5.74, 6) is 1.13. The van der Waals surface area contributed by atoms with E-state index < -0.39 is 0 Å². The van der Waals surface area contributed by atoms with Crippen LogP contribution in [-0.4, -0.2) is 51.4 Å². The van der Waals surface area contributed by atoms with Gasteiger partial charge in [0.15, 0.2) is 0 Å². The number of likely N-dealkylation sites (N-methyl/N-ethyl adjacent to an activating group) is 1. The molecule has 1 aromatic rings. The van der Waals surface area contributed by atoms with Crippen LogP contribution in [0.3, 0.4) is 0 Å². The number of imidazole rings is 1. The van der Waals surface area contributed by atoms with Crippen LogP contribution < -0.4 is 0 Å². The molecule has 0 bridgehead atoms. The molecule has 1 saturated heterocycles. The minimum Gasteiger partial charge on any atom is -0.341 e. The van der Waals surface area contributed by atoms with Gasteiger partial charge < -0.3 is 9.47 Å². The van der Waals surface area contributed by atoms with E-state index in [9.17, 15) is 4.79 Å². The van der Waals surface area contributed by atoms with Gasteiger partial charge in [-0.05, 0) is 58.9 Å². The first kappa shape index (κ1) is 18.9. The number of nitriles is 1. The molecule has 0 N–H and O–H groups in total. The number of rotatable bonds is 6. The fraction of sp³-hybridized carbons (Fsp3) is 0.750. The molecule has 1 amide bonds. The molecule has 0 spiro atoms. The highest BCUT2D eigenvalue weighted by Gasteiger charge is 2.33. The minimum atomic E-state index is -0.130. The lowest BCUT2D eigenvalue weighted by molar-refractivity contribution is -0.132. The molecule has 0 saturated carbocycles. The highest BCUT2D eigenvalue weighted by Crippen LogP contribution is 2.33. The maximum Gasteiger partial charge on any atom is 0.236 e.